The van der Waals surface area contributed by atoms with Crippen LogP contribution >= 0.6 is 39.0 Å². The van der Waals surface area contributed by atoms with Crippen LogP contribution in [0, 0.1) is 6.92 Å². The molecule has 0 spiro atoms. The summed E-state index contributed by atoms with van der Waals surface area (Å²) in [5.41, 5.74) is 0.539. The summed E-state index contributed by atoms with van der Waals surface area (Å²) in [4.78, 5) is 19.6. The lowest BCUT2D eigenvalue weighted by molar-refractivity contribution is 0.0701. The highest BCUT2D eigenvalue weighted by Crippen LogP contribution is 2.35. The number of hydrogen-bond donors (Lipinski definition) is 1. The summed E-state index contributed by atoms with van der Waals surface area (Å²) in [5.74, 6) is -0.938. The van der Waals surface area contributed by atoms with Crippen LogP contribution in [0.1, 0.15) is 15.4 Å². The maximum atomic E-state index is 10.9. The van der Waals surface area contributed by atoms with Crippen molar-refractivity contribution in [1.82, 2.24) is 9.97 Å². The molecule has 4 nitrogen and oxygen atoms in total. The van der Waals surface area contributed by atoms with E-state index in [1.165, 1.54) is 11.8 Å². The molecule has 7 heteroatoms. The highest BCUT2D eigenvalue weighted by atomic mass is 79.9. The Labute approximate surface area is 114 Å². The van der Waals surface area contributed by atoms with Crippen LogP contribution < -0.4 is 0 Å². The van der Waals surface area contributed by atoms with Gasteiger partial charge in [-0.3, -0.25) is 0 Å². The van der Waals surface area contributed by atoms with Crippen molar-refractivity contribution < 1.29 is 9.90 Å². The van der Waals surface area contributed by atoms with Gasteiger partial charge in [-0.1, -0.05) is 11.3 Å². The molecule has 0 fully saturated rings. The molecular formula is C10H7BrN2O2S2. The van der Waals surface area contributed by atoms with Gasteiger partial charge in [0.2, 0.25) is 0 Å². The van der Waals surface area contributed by atoms with Gasteiger partial charge in [0.15, 0.2) is 4.34 Å². The van der Waals surface area contributed by atoms with Crippen molar-refractivity contribution in [2.45, 2.75) is 16.3 Å². The Bertz CT molecular complexity index is 571. The molecule has 2 aromatic heterocycles. The van der Waals surface area contributed by atoms with Crippen LogP contribution in [0.15, 0.2) is 32.2 Å². The second kappa shape index (κ2) is 5.16. The normalized spacial score (nSPS) is 10.5. The molecule has 0 unspecified atom stereocenters. The van der Waals surface area contributed by atoms with Crippen molar-refractivity contribution in [3.63, 3.8) is 0 Å². The fourth-order valence-electron chi connectivity index (χ4n) is 1.14. The van der Waals surface area contributed by atoms with Gasteiger partial charge < -0.3 is 5.11 Å². The number of aryl methyl sites for hydroxylation is 1. The maximum Gasteiger partial charge on any atom is 0.347 e. The summed E-state index contributed by atoms with van der Waals surface area (Å²) >= 11 is 5.90. The molecule has 0 aliphatic carbocycles. The van der Waals surface area contributed by atoms with E-state index in [1.807, 2.05) is 12.1 Å². The van der Waals surface area contributed by atoms with Crippen molar-refractivity contribution in [1.29, 1.82) is 0 Å². The molecular weight excluding hydrogens is 324 g/mol. The molecule has 2 rings (SSSR count). The third-order valence-electron chi connectivity index (χ3n) is 1.88. The molecule has 0 amide bonds. The largest absolute Gasteiger partial charge is 0.477 e. The SMILES string of the molecule is Cc1nc(Sc2ncccc2Br)sc1C(=O)O. The number of thiazole rings is 1. The Morgan fingerprint density at radius 1 is 1.59 bits per heavy atom. The number of pyridine rings is 1. The smallest absolute Gasteiger partial charge is 0.347 e. The Kier molecular flexibility index (Phi) is 3.80. The summed E-state index contributed by atoms with van der Waals surface area (Å²) < 4.78 is 1.55. The molecule has 0 aromatic carbocycles. The predicted molar refractivity (Wildman–Crippen MR) is 69.9 cm³/mol. The average molecular weight is 331 g/mol. The van der Waals surface area contributed by atoms with Crippen LogP contribution in [0.25, 0.3) is 0 Å². The summed E-state index contributed by atoms with van der Waals surface area (Å²) in [6.07, 6.45) is 1.69. The first kappa shape index (κ1) is 12.5. The van der Waals surface area contributed by atoms with Gasteiger partial charge in [0.25, 0.3) is 0 Å². The van der Waals surface area contributed by atoms with Gasteiger partial charge in [-0.15, -0.1) is 0 Å². The third-order valence-corrected chi connectivity index (χ3v) is 5.01. The first-order valence-electron chi connectivity index (χ1n) is 4.57. The number of nitrogens with zero attached hydrogens (tertiary/aromatic N) is 2. The molecule has 0 atom stereocenters. The Morgan fingerprint density at radius 2 is 2.35 bits per heavy atom. The van der Waals surface area contributed by atoms with Gasteiger partial charge in [0.05, 0.1) is 10.2 Å². The average Bonchev–Trinajstić information content (AvgIpc) is 2.63. The Hall–Kier alpha value is -0.920. The number of carbonyl (C=O) groups is 1. The van der Waals surface area contributed by atoms with Gasteiger partial charge in [-0.25, -0.2) is 14.8 Å². The zero-order chi connectivity index (χ0) is 12.4. The van der Waals surface area contributed by atoms with E-state index < -0.39 is 5.97 Å². The van der Waals surface area contributed by atoms with E-state index in [-0.39, 0.29) is 4.88 Å². The number of carboxylic acids is 1. The minimum Gasteiger partial charge on any atom is -0.477 e. The van der Waals surface area contributed by atoms with Gasteiger partial charge in [0, 0.05) is 6.20 Å². The van der Waals surface area contributed by atoms with E-state index in [0.717, 1.165) is 20.8 Å². The van der Waals surface area contributed by atoms with Gasteiger partial charge in [0.1, 0.15) is 9.90 Å². The summed E-state index contributed by atoms with van der Waals surface area (Å²) in [7, 11) is 0. The van der Waals surface area contributed by atoms with E-state index in [0.29, 0.717) is 10.0 Å². The van der Waals surface area contributed by atoms with Crippen LogP contribution in [0.4, 0.5) is 0 Å². The maximum absolute atomic E-state index is 10.9. The van der Waals surface area contributed by atoms with Crippen LogP contribution in [0.3, 0.4) is 0 Å². The van der Waals surface area contributed by atoms with E-state index in [9.17, 15) is 4.79 Å². The lowest BCUT2D eigenvalue weighted by Gasteiger charge is -1.98. The number of aromatic carboxylic acids is 1. The number of rotatable bonds is 3. The molecule has 0 saturated carbocycles. The van der Waals surface area contributed by atoms with Crippen molar-refractivity contribution >= 4 is 45.0 Å². The zero-order valence-electron chi connectivity index (χ0n) is 8.68. The molecule has 0 bridgehead atoms. The van der Waals surface area contributed by atoms with Crippen LogP contribution in [0.5, 0.6) is 0 Å². The van der Waals surface area contributed by atoms with E-state index >= 15 is 0 Å². The summed E-state index contributed by atoms with van der Waals surface area (Å²) in [5, 5.41) is 9.71. The van der Waals surface area contributed by atoms with Crippen LogP contribution in [-0.2, 0) is 0 Å². The molecule has 1 N–H and O–H groups in total. The number of aromatic nitrogens is 2. The lowest BCUT2D eigenvalue weighted by Crippen LogP contribution is -1.94. The Balaban J connectivity index is 2.28. The van der Waals surface area contributed by atoms with Crippen molar-refractivity contribution in [2.75, 3.05) is 0 Å². The van der Waals surface area contributed by atoms with Gasteiger partial charge in [-0.2, -0.15) is 0 Å². The molecule has 17 heavy (non-hydrogen) atoms. The van der Waals surface area contributed by atoms with Crippen LogP contribution in [0.2, 0.25) is 0 Å². The molecule has 0 saturated heterocycles. The minimum absolute atomic E-state index is 0.277. The first-order chi connectivity index (χ1) is 8.08. The Morgan fingerprint density at radius 3 is 2.94 bits per heavy atom. The van der Waals surface area contributed by atoms with Crippen molar-refractivity contribution in [3.05, 3.63) is 33.4 Å². The van der Waals surface area contributed by atoms with Crippen molar-refractivity contribution in [3.8, 4) is 0 Å². The van der Waals surface area contributed by atoms with E-state index in [4.69, 9.17) is 5.11 Å². The molecule has 2 aromatic rings. The standard InChI is InChI=1S/C10H7BrN2O2S2/c1-5-7(9(14)15)16-10(13-5)17-8-6(11)3-2-4-12-8/h2-4H,1H3,(H,14,15). The van der Waals surface area contributed by atoms with Crippen LogP contribution in [-0.4, -0.2) is 21.0 Å². The second-order valence-corrected chi connectivity index (χ2v) is 6.18. The summed E-state index contributed by atoms with van der Waals surface area (Å²) in [6, 6.07) is 3.71. The molecule has 88 valence electrons. The minimum atomic E-state index is -0.938. The van der Waals surface area contributed by atoms with E-state index in [2.05, 4.69) is 25.9 Å². The molecule has 0 radical (unpaired) electrons. The third kappa shape index (κ3) is 2.85. The lowest BCUT2D eigenvalue weighted by atomic mass is 10.4. The van der Waals surface area contributed by atoms with Gasteiger partial charge >= 0.3 is 5.97 Å². The molecule has 0 aliphatic heterocycles. The first-order valence-corrected chi connectivity index (χ1v) is 6.99. The van der Waals surface area contributed by atoms with Crippen molar-refractivity contribution in [2.24, 2.45) is 0 Å². The quantitative estimate of drug-likeness (QED) is 0.933. The topological polar surface area (TPSA) is 63.1 Å². The molecule has 2 heterocycles. The number of halogens is 1. The number of hydrogen-bond acceptors (Lipinski definition) is 5. The second-order valence-electron chi connectivity index (χ2n) is 3.09. The highest BCUT2D eigenvalue weighted by molar-refractivity contribution is 9.10. The fraction of sp³-hybridized carbons (Fsp3) is 0.100. The van der Waals surface area contributed by atoms with E-state index in [1.54, 1.807) is 13.1 Å². The molecule has 0 aliphatic rings. The highest BCUT2D eigenvalue weighted by Gasteiger charge is 2.15. The zero-order valence-corrected chi connectivity index (χ0v) is 11.9. The van der Waals surface area contributed by atoms with Gasteiger partial charge in [-0.05, 0) is 46.7 Å². The fourth-order valence-corrected chi connectivity index (χ4v) is 3.56. The number of carboxylic acid groups (broad SMARTS) is 1. The monoisotopic (exact) mass is 330 g/mol. The summed E-state index contributed by atoms with van der Waals surface area (Å²) in [6.45, 7) is 1.69. The predicted octanol–water partition coefficient (Wildman–Crippen LogP) is 3.46.